The molecule has 5 N–H and O–H groups in total. The van der Waals surface area contributed by atoms with Gasteiger partial charge >= 0.3 is 18.0 Å². The van der Waals surface area contributed by atoms with E-state index in [1.165, 1.54) is 0 Å². The van der Waals surface area contributed by atoms with E-state index in [9.17, 15) is 29.4 Å². The lowest BCUT2D eigenvalue weighted by Crippen LogP contribution is -2.36. The summed E-state index contributed by atoms with van der Waals surface area (Å²) in [6, 6.07) is 3.80. The van der Waals surface area contributed by atoms with Crippen LogP contribution >= 0.6 is 11.8 Å². The average molecular weight is 649 g/mol. The topological polar surface area (TPSA) is 176 Å². The molecular formula is C32H48N4O8S. The van der Waals surface area contributed by atoms with E-state index in [1.54, 1.807) is 12.3 Å². The number of hydrogen-bond donors (Lipinski definition) is 5. The minimum atomic E-state index is -1.13. The number of nitrogens with zero attached hydrogens (tertiary/aromatic N) is 1. The van der Waals surface area contributed by atoms with Crippen molar-refractivity contribution < 1.29 is 38.9 Å². The summed E-state index contributed by atoms with van der Waals surface area (Å²) < 4.78 is 11.3. The highest BCUT2D eigenvalue weighted by molar-refractivity contribution is 8.00. The third kappa shape index (κ3) is 10.8. The average Bonchev–Trinajstić information content (AvgIpc) is 3.48. The fourth-order valence-electron chi connectivity index (χ4n) is 5.77. The largest absolute Gasteiger partial charge is 0.481 e. The van der Waals surface area contributed by atoms with E-state index in [2.05, 4.69) is 41.9 Å². The molecule has 0 spiro atoms. The van der Waals surface area contributed by atoms with Crippen molar-refractivity contribution in [3.63, 3.8) is 0 Å². The highest BCUT2D eigenvalue weighted by Gasteiger charge is 2.42. The number of aliphatic carboxylic acids is 2. The van der Waals surface area contributed by atoms with E-state index in [-0.39, 0.29) is 35.4 Å². The standard InChI is InChI=1S/C32H48N4O8S/c1-31(2,3)20(19-14-21(32(4,5)6)24(44-17-28(40)41)15-23(19)43-16-27(38)39)10-9-13-33-36-26(37)12-8-7-11-25-29-22(18-45-25)34-30(42)35-29/h13-15,20,22,25,29H,7-12,16-18H2,1-6H3,(H,36,37)(H,38,39)(H,40,41)(H2,34,35,42)/b33-13+. The van der Waals surface area contributed by atoms with Gasteiger partial charge in [0, 0.05) is 35.3 Å². The smallest absolute Gasteiger partial charge is 0.341 e. The number of amides is 3. The molecule has 2 aliphatic heterocycles. The Labute approximate surface area is 269 Å². The maximum Gasteiger partial charge on any atom is 0.341 e. The number of fused-ring (bicyclic) bond motifs is 1. The monoisotopic (exact) mass is 648 g/mol. The fraction of sp³-hybridized carbons (Fsp3) is 0.656. The van der Waals surface area contributed by atoms with Crippen molar-refractivity contribution in [3.05, 3.63) is 23.3 Å². The summed E-state index contributed by atoms with van der Waals surface area (Å²) in [5.74, 6) is -0.915. The highest BCUT2D eigenvalue weighted by Crippen LogP contribution is 2.46. The van der Waals surface area contributed by atoms with Crippen molar-refractivity contribution in [2.24, 2.45) is 10.5 Å². The molecule has 2 fully saturated rings. The number of urea groups is 1. The Morgan fingerprint density at radius 3 is 2.33 bits per heavy atom. The summed E-state index contributed by atoms with van der Waals surface area (Å²) >= 11 is 1.86. The lowest BCUT2D eigenvalue weighted by molar-refractivity contribution is -0.140. The number of carboxylic acid groups (broad SMARTS) is 2. The number of carbonyl (C=O) groups excluding carboxylic acids is 2. The van der Waals surface area contributed by atoms with Crippen LogP contribution in [-0.4, -0.2) is 76.6 Å². The molecule has 1 aromatic rings. The molecule has 3 rings (SSSR count). The van der Waals surface area contributed by atoms with Crippen LogP contribution in [0.5, 0.6) is 11.5 Å². The van der Waals surface area contributed by atoms with Crippen LogP contribution < -0.4 is 25.5 Å². The molecule has 250 valence electrons. The van der Waals surface area contributed by atoms with Gasteiger partial charge in [-0.1, -0.05) is 48.0 Å². The van der Waals surface area contributed by atoms with Gasteiger partial charge in [0.25, 0.3) is 0 Å². The third-order valence-corrected chi connectivity index (χ3v) is 9.50. The Hall–Kier alpha value is -3.48. The first-order valence-corrected chi connectivity index (χ1v) is 16.5. The third-order valence-electron chi connectivity index (χ3n) is 7.99. The second-order valence-electron chi connectivity index (χ2n) is 13.7. The van der Waals surface area contributed by atoms with Gasteiger partial charge in [0.2, 0.25) is 5.91 Å². The summed E-state index contributed by atoms with van der Waals surface area (Å²) in [5, 5.41) is 28.9. The van der Waals surface area contributed by atoms with Crippen molar-refractivity contribution in [1.29, 1.82) is 0 Å². The Kier molecular flexibility index (Phi) is 12.5. The fourth-order valence-corrected chi connectivity index (χ4v) is 7.31. The van der Waals surface area contributed by atoms with Crippen molar-refractivity contribution in [3.8, 4) is 11.5 Å². The quantitative estimate of drug-likeness (QED) is 0.0739. The maximum atomic E-state index is 12.4. The normalized spacial score (nSPS) is 20.3. The van der Waals surface area contributed by atoms with Gasteiger partial charge in [-0.05, 0) is 54.1 Å². The number of thioether (sulfide) groups is 1. The van der Waals surface area contributed by atoms with Gasteiger partial charge in [-0.2, -0.15) is 16.9 Å². The van der Waals surface area contributed by atoms with E-state index in [0.29, 0.717) is 36.0 Å². The Balaban J connectivity index is 1.61. The molecule has 4 unspecified atom stereocenters. The molecule has 0 bridgehead atoms. The number of rotatable bonds is 16. The number of nitrogens with one attached hydrogen (secondary N) is 3. The maximum absolute atomic E-state index is 12.4. The molecule has 0 aliphatic carbocycles. The van der Waals surface area contributed by atoms with E-state index in [1.807, 2.05) is 38.6 Å². The molecule has 2 aliphatic rings. The first-order valence-electron chi connectivity index (χ1n) is 15.4. The van der Waals surface area contributed by atoms with Crippen molar-refractivity contribution in [1.82, 2.24) is 16.1 Å². The number of hydrogen-bond acceptors (Lipinski definition) is 8. The summed E-state index contributed by atoms with van der Waals surface area (Å²) in [7, 11) is 0. The summed E-state index contributed by atoms with van der Waals surface area (Å²) in [6.07, 6.45) is 5.81. The molecule has 0 saturated carbocycles. The van der Waals surface area contributed by atoms with Crippen LogP contribution in [0.4, 0.5) is 4.79 Å². The van der Waals surface area contributed by atoms with E-state index in [4.69, 9.17) is 9.47 Å². The number of carbonyl (C=O) groups is 4. The second-order valence-corrected chi connectivity index (χ2v) is 15.0. The predicted molar refractivity (Wildman–Crippen MR) is 173 cm³/mol. The Morgan fingerprint density at radius 1 is 1.04 bits per heavy atom. The van der Waals surface area contributed by atoms with Crippen LogP contribution in [0.1, 0.15) is 97.1 Å². The highest BCUT2D eigenvalue weighted by atomic mass is 32.2. The summed E-state index contributed by atoms with van der Waals surface area (Å²) in [4.78, 5) is 46.5. The first kappa shape index (κ1) is 36.0. The van der Waals surface area contributed by atoms with Gasteiger partial charge in [0.15, 0.2) is 13.2 Å². The molecule has 4 atom stereocenters. The van der Waals surface area contributed by atoms with Gasteiger partial charge in [0.05, 0.1) is 12.1 Å². The summed E-state index contributed by atoms with van der Waals surface area (Å²) in [5.41, 5.74) is 3.54. The zero-order valence-electron chi connectivity index (χ0n) is 27.1. The molecule has 45 heavy (non-hydrogen) atoms. The number of unbranched alkanes of at least 4 members (excludes halogenated alkanes) is 1. The molecule has 13 heteroatoms. The van der Waals surface area contributed by atoms with Crippen LogP contribution in [0.25, 0.3) is 0 Å². The molecule has 0 aromatic heterocycles. The number of hydrazone groups is 1. The van der Waals surface area contributed by atoms with Crippen molar-refractivity contribution in [2.45, 2.75) is 109 Å². The van der Waals surface area contributed by atoms with Gasteiger partial charge in [-0.15, -0.1) is 0 Å². The number of ether oxygens (including phenoxy) is 2. The van der Waals surface area contributed by atoms with Crippen LogP contribution in [0.3, 0.4) is 0 Å². The van der Waals surface area contributed by atoms with Crippen LogP contribution in [0.2, 0.25) is 0 Å². The lowest BCUT2D eigenvalue weighted by Gasteiger charge is -2.34. The molecule has 2 saturated heterocycles. The Bertz CT molecular complexity index is 1260. The van der Waals surface area contributed by atoms with Gasteiger partial charge in [0.1, 0.15) is 11.5 Å². The van der Waals surface area contributed by atoms with Crippen LogP contribution in [0, 0.1) is 5.41 Å². The van der Waals surface area contributed by atoms with E-state index in [0.717, 1.165) is 36.1 Å². The molecule has 3 amide bonds. The predicted octanol–water partition coefficient (Wildman–Crippen LogP) is 4.65. The minimum absolute atomic E-state index is 0.0917. The molecule has 2 heterocycles. The SMILES string of the molecule is CC(C)(C)c1cc(C(CC/C=N/NC(=O)CCCCC2SCC3NC(=O)NC32)C(C)(C)C)c(OCC(=O)O)cc1OCC(=O)O. The van der Waals surface area contributed by atoms with Crippen LogP contribution in [-0.2, 0) is 19.8 Å². The Morgan fingerprint density at radius 2 is 1.71 bits per heavy atom. The van der Waals surface area contributed by atoms with E-state index >= 15 is 0 Å². The first-order chi connectivity index (χ1) is 21.1. The van der Waals surface area contributed by atoms with Crippen LogP contribution in [0.15, 0.2) is 17.2 Å². The zero-order valence-corrected chi connectivity index (χ0v) is 27.9. The summed E-state index contributed by atoms with van der Waals surface area (Å²) in [6.45, 7) is 11.2. The van der Waals surface area contributed by atoms with Crippen molar-refractivity contribution in [2.75, 3.05) is 19.0 Å². The molecular weight excluding hydrogens is 600 g/mol. The van der Waals surface area contributed by atoms with Gasteiger partial charge in [-0.25, -0.2) is 19.8 Å². The van der Waals surface area contributed by atoms with Crippen molar-refractivity contribution >= 4 is 41.9 Å². The lowest BCUT2D eigenvalue weighted by atomic mass is 9.72. The molecule has 1 aromatic carbocycles. The number of carboxylic acids is 2. The molecule has 12 nitrogen and oxygen atoms in total. The number of benzene rings is 1. The van der Waals surface area contributed by atoms with Gasteiger partial charge < -0.3 is 30.3 Å². The molecule has 0 radical (unpaired) electrons. The zero-order chi connectivity index (χ0) is 33.4. The van der Waals surface area contributed by atoms with Gasteiger partial charge in [-0.3, -0.25) is 4.79 Å². The van der Waals surface area contributed by atoms with E-state index < -0.39 is 30.6 Å². The second kappa shape index (κ2) is 15.7. The minimum Gasteiger partial charge on any atom is -0.481 e.